The van der Waals surface area contributed by atoms with Crippen molar-refractivity contribution in [3.8, 4) is 0 Å². The van der Waals surface area contributed by atoms with Gasteiger partial charge in [-0.2, -0.15) is 0 Å². The van der Waals surface area contributed by atoms with E-state index in [4.69, 9.17) is 0 Å². The number of rotatable bonds is 5. The van der Waals surface area contributed by atoms with E-state index in [1.807, 2.05) is 35.9 Å². The first-order chi connectivity index (χ1) is 9.38. The highest BCUT2D eigenvalue weighted by atomic mass is 32.1. The molecule has 3 rings (SSSR count). The van der Waals surface area contributed by atoms with Gasteiger partial charge in [0.1, 0.15) is 11.5 Å². The third-order valence-electron chi connectivity index (χ3n) is 3.21. The van der Waals surface area contributed by atoms with E-state index in [9.17, 15) is 0 Å². The van der Waals surface area contributed by atoms with Gasteiger partial charge < -0.3 is 5.32 Å². The van der Waals surface area contributed by atoms with Gasteiger partial charge in [0.2, 0.25) is 0 Å². The zero-order chi connectivity index (χ0) is 13.1. The largest absolute Gasteiger partial charge is 0.364 e. The van der Waals surface area contributed by atoms with Crippen LogP contribution in [-0.4, -0.2) is 9.38 Å². The number of aromatic nitrogens is 2. The van der Waals surface area contributed by atoms with E-state index in [0.29, 0.717) is 6.04 Å². The Kier molecular flexibility index (Phi) is 3.51. The van der Waals surface area contributed by atoms with Crippen LogP contribution in [0.4, 0.5) is 5.82 Å². The molecule has 0 aromatic carbocycles. The zero-order valence-corrected chi connectivity index (χ0v) is 11.7. The van der Waals surface area contributed by atoms with Crippen molar-refractivity contribution < 1.29 is 0 Å². The fraction of sp³-hybridized carbons (Fsp3) is 0.267. The Morgan fingerprint density at radius 3 is 3.05 bits per heavy atom. The maximum absolute atomic E-state index is 4.32. The Hall–Kier alpha value is -1.81. The van der Waals surface area contributed by atoms with E-state index >= 15 is 0 Å². The van der Waals surface area contributed by atoms with E-state index < -0.39 is 0 Å². The van der Waals surface area contributed by atoms with Crippen LogP contribution in [-0.2, 0) is 0 Å². The van der Waals surface area contributed by atoms with Crippen molar-refractivity contribution in [1.82, 2.24) is 9.38 Å². The lowest BCUT2D eigenvalue weighted by Crippen LogP contribution is -2.11. The molecule has 0 spiro atoms. The Morgan fingerprint density at radius 1 is 1.32 bits per heavy atom. The van der Waals surface area contributed by atoms with Crippen LogP contribution in [0.5, 0.6) is 0 Å². The number of hydrogen-bond acceptors (Lipinski definition) is 3. The molecule has 0 aliphatic carbocycles. The topological polar surface area (TPSA) is 29.3 Å². The van der Waals surface area contributed by atoms with Gasteiger partial charge in [0.05, 0.1) is 6.04 Å². The molecule has 3 aromatic rings. The molecule has 0 fully saturated rings. The van der Waals surface area contributed by atoms with Crippen LogP contribution >= 0.6 is 11.3 Å². The normalized spacial score (nSPS) is 12.7. The molecule has 0 aliphatic heterocycles. The minimum atomic E-state index is 0.373. The summed E-state index contributed by atoms with van der Waals surface area (Å²) in [5, 5.41) is 5.78. The van der Waals surface area contributed by atoms with Gasteiger partial charge in [0.25, 0.3) is 0 Å². The lowest BCUT2D eigenvalue weighted by Gasteiger charge is -2.19. The number of hydrogen-bond donors (Lipinski definition) is 1. The van der Waals surface area contributed by atoms with Gasteiger partial charge in [-0.1, -0.05) is 25.5 Å². The maximum atomic E-state index is 4.32. The monoisotopic (exact) mass is 271 g/mol. The summed E-state index contributed by atoms with van der Waals surface area (Å²) in [6.45, 7) is 2.22. The van der Waals surface area contributed by atoms with E-state index in [0.717, 1.165) is 24.3 Å². The molecule has 0 bridgehead atoms. The summed E-state index contributed by atoms with van der Waals surface area (Å²) in [5.74, 6) is 1.10. The summed E-state index contributed by atoms with van der Waals surface area (Å²) in [5.41, 5.74) is 0.978. The highest BCUT2D eigenvalue weighted by Gasteiger charge is 2.12. The predicted molar refractivity (Wildman–Crippen MR) is 80.8 cm³/mol. The average Bonchev–Trinajstić information content (AvgIpc) is 3.10. The number of fused-ring (bicyclic) bond motifs is 1. The molecule has 4 heteroatoms. The van der Waals surface area contributed by atoms with Crippen LogP contribution in [0.25, 0.3) is 5.65 Å². The van der Waals surface area contributed by atoms with E-state index in [-0.39, 0.29) is 0 Å². The molecule has 1 atom stereocenters. The average molecular weight is 271 g/mol. The Bertz CT molecular complexity index is 642. The lowest BCUT2D eigenvalue weighted by molar-refractivity contribution is 0.683. The molecule has 0 saturated heterocycles. The smallest absolute Gasteiger partial charge is 0.138 e. The van der Waals surface area contributed by atoms with E-state index in [1.165, 1.54) is 4.88 Å². The number of imidazole rings is 1. The van der Waals surface area contributed by atoms with Crippen molar-refractivity contribution in [3.63, 3.8) is 0 Å². The Morgan fingerprint density at radius 2 is 2.26 bits per heavy atom. The summed E-state index contributed by atoms with van der Waals surface area (Å²) >= 11 is 1.81. The first-order valence-electron chi connectivity index (χ1n) is 6.60. The van der Waals surface area contributed by atoms with Gasteiger partial charge in [0.15, 0.2) is 0 Å². The Balaban J connectivity index is 1.91. The Labute approximate surface area is 116 Å². The summed E-state index contributed by atoms with van der Waals surface area (Å²) in [6, 6.07) is 10.9. The number of nitrogens with zero attached hydrogens (tertiary/aromatic N) is 2. The highest BCUT2D eigenvalue weighted by molar-refractivity contribution is 7.10. The van der Waals surface area contributed by atoms with Gasteiger partial charge in [-0.15, -0.1) is 11.3 Å². The second-order valence-corrected chi connectivity index (χ2v) is 5.55. The quantitative estimate of drug-likeness (QED) is 0.747. The van der Waals surface area contributed by atoms with Gasteiger partial charge in [-0.25, -0.2) is 4.98 Å². The summed E-state index contributed by atoms with van der Waals surface area (Å²) in [4.78, 5) is 5.71. The standard InChI is InChI=1S/C15H17N3S/c1-2-5-12(13-6-4-11-19-13)17-15-8-3-7-14-16-9-10-18(14)15/h3-4,6-12,17H,2,5H2,1H3. The second-order valence-electron chi connectivity index (χ2n) is 4.57. The molecule has 0 saturated carbocycles. The van der Waals surface area contributed by atoms with Crippen LogP contribution in [0.15, 0.2) is 48.1 Å². The van der Waals surface area contributed by atoms with Crippen LogP contribution in [0.1, 0.15) is 30.7 Å². The minimum absolute atomic E-state index is 0.373. The molecular weight excluding hydrogens is 254 g/mol. The molecule has 19 heavy (non-hydrogen) atoms. The van der Waals surface area contributed by atoms with Gasteiger partial charge in [-0.05, 0) is 30.0 Å². The summed E-state index contributed by atoms with van der Waals surface area (Å²) in [7, 11) is 0. The molecule has 3 heterocycles. The molecule has 98 valence electrons. The van der Waals surface area contributed by atoms with Crippen LogP contribution < -0.4 is 5.32 Å². The molecule has 0 radical (unpaired) electrons. The first kappa shape index (κ1) is 12.2. The van der Waals surface area contributed by atoms with Crippen molar-refractivity contribution in [3.05, 3.63) is 53.0 Å². The number of nitrogens with one attached hydrogen (secondary N) is 1. The van der Waals surface area contributed by atoms with Gasteiger partial charge in [0, 0.05) is 17.3 Å². The van der Waals surface area contributed by atoms with Crippen molar-refractivity contribution in [2.75, 3.05) is 5.32 Å². The predicted octanol–water partition coefficient (Wildman–Crippen LogP) is 4.35. The number of thiophene rings is 1. The lowest BCUT2D eigenvalue weighted by atomic mass is 10.1. The number of pyridine rings is 1. The van der Waals surface area contributed by atoms with Crippen LogP contribution in [0.2, 0.25) is 0 Å². The molecule has 1 N–H and O–H groups in total. The highest BCUT2D eigenvalue weighted by Crippen LogP contribution is 2.27. The zero-order valence-electron chi connectivity index (χ0n) is 10.9. The van der Waals surface area contributed by atoms with Crippen LogP contribution in [0, 0.1) is 0 Å². The minimum Gasteiger partial charge on any atom is -0.364 e. The third-order valence-corrected chi connectivity index (χ3v) is 4.20. The molecule has 1 unspecified atom stereocenters. The maximum Gasteiger partial charge on any atom is 0.138 e. The van der Waals surface area contributed by atoms with Crippen molar-refractivity contribution in [2.24, 2.45) is 0 Å². The van der Waals surface area contributed by atoms with Gasteiger partial charge in [-0.3, -0.25) is 4.40 Å². The third kappa shape index (κ3) is 2.49. The van der Waals surface area contributed by atoms with E-state index in [1.54, 1.807) is 0 Å². The second kappa shape index (κ2) is 5.45. The summed E-state index contributed by atoms with van der Waals surface area (Å²) < 4.78 is 2.09. The molecule has 0 amide bonds. The van der Waals surface area contributed by atoms with Crippen molar-refractivity contribution in [2.45, 2.75) is 25.8 Å². The summed E-state index contributed by atoms with van der Waals surface area (Å²) in [6.07, 6.45) is 6.12. The molecule has 0 aliphatic rings. The first-order valence-corrected chi connectivity index (χ1v) is 7.48. The van der Waals surface area contributed by atoms with Crippen molar-refractivity contribution >= 4 is 22.8 Å². The molecule has 3 aromatic heterocycles. The fourth-order valence-corrected chi connectivity index (χ4v) is 3.12. The molecule has 3 nitrogen and oxygen atoms in total. The SMILES string of the molecule is CCCC(Nc1cccc2nccn12)c1cccs1. The van der Waals surface area contributed by atoms with Crippen molar-refractivity contribution in [1.29, 1.82) is 0 Å². The van der Waals surface area contributed by atoms with Crippen LogP contribution in [0.3, 0.4) is 0 Å². The van der Waals surface area contributed by atoms with Gasteiger partial charge >= 0.3 is 0 Å². The fourth-order valence-electron chi connectivity index (χ4n) is 2.31. The van der Waals surface area contributed by atoms with E-state index in [2.05, 4.69) is 45.2 Å². The molecular formula is C15H17N3S. The number of anilines is 1.